The van der Waals surface area contributed by atoms with Crippen LogP contribution in [0.1, 0.15) is 5.82 Å². The second-order valence-corrected chi connectivity index (χ2v) is 1.99. The van der Waals surface area contributed by atoms with Gasteiger partial charge in [0.05, 0.1) is 0 Å². The highest BCUT2D eigenvalue weighted by atomic mass is 35.5. The molecule has 0 radical (unpaired) electrons. The zero-order chi connectivity index (χ0) is 8.53. The molecule has 0 aromatic carbocycles. The lowest BCUT2D eigenvalue weighted by Crippen LogP contribution is -1.80. The summed E-state index contributed by atoms with van der Waals surface area (Å²) >= 11 is 4.76. The lowest BCUT2D eigenvalue weighted by Gasteiger charge is -1.82. The van der Waals surface area contributed by atoms with E-state index in [1.807, 2.05) is 6.08 Å². The molecule has 0 fully saturated rings. The van der Waals surface area contributed by atoms with Gasteiger partial charge in [-0.25, -0.2) is 4.98 Å². The van der Waals surface area contributed by atoms with Crippen LogP contribution in [0.15, 0.2) is 37.2 Å². The average molecular weight is 171 g/mol. The van der Waals surface area contributed by atoms with Crippen molar-refractivity contribution in [3.63, 3.8) is 0 Å². The van der Waals surface area contributed by atoms with Crippen LogP contribution in [0, 0.1) is 0 Å². The molecule has 60 valence electrons. The van der Waals surface area contributed by atoms with Crippen molar-refractivity contribution in [1.29, 1.82) is 0 Å². The van der Waals surface area contributed by atoms with Gasteiger partial charge in [0, 0.05) is 18.8 Å². The van der Waals surface area contributed by atoms with Crippen molar-refractivity contribution in [3.05, 3.63) is 43.0 Å². The zero-order valence-electron chi connectivity index (χ0n) is 6.26. The second kappa shape index (κ2) is 7.09. The summed E-state index contributed by atoms with van der Waals surface area (Å²) in [6, 6.07) is 0. The molecular weight excluding hydrogens is 160 g/mol. The van der Waals surface area contributed by atoms with E-state index in [9.17, 15) is 0 Å². The maximum absolute atomic E-state index is 4.76. The molecular formula is C8H11ClN2. The highest BCUT2D eigenvalue weighted by Crippen LogP contribution is 1.88. The van der Waals surface area contributed by atoms with E-state index >= 15 is 0 Å². The van der Waals surface area contributed by atoms with E-state index in [1.54, 1.807) is 12.4 Å². The average Bonchev–Trinajstić information content (AvgIpc) is 2.42. The molecule has 0 aliphatic rings. The molecule has 0 spiro atoms. The van der Waals surface area contributed by atoms with Crippen LogP contribution in [0.3, 0.4) is 0 Å². The predicted molar refractivity (Wildman–Crippen MR) is 48.5 cm³/mol. The van der Waals surface area contributed by atoms with Gasteiger partial charge in [0.15, 0.2) is 0 Å². The van der Waals surface area contributed by atoms with Gasteiger partial charge in [-0.05, 0) is 5.54 Å². The van der Waals surface area contributed by atoms with E-state index in [-0.39, 0.29) is 0 Å². The predicted octanol–water partition coefficient (Wildman–Crippen LogP) is 2.51. The number of aromatic nitrogens is 2. The molecule has 0 saturated heterocycles. The maximum atomic E-state index is 4.76. The van der Waals surface area contributed by atoms with Crippen LogP contribution < -0.4 is 0 Å². The Bertz CT molecular complexity index is 192. The van der Waals surface area contributed by atoms with E-state index < -0.39 is 0 Å². The fourth-order valence-corrected chi connectivity index (χ4v) is 0.546. The topological polar surface area (TPSA) is 28.7 Å². The standard InChI is InChI=1S/C6H8N2.C2H3Cl/c1-2-3-6-7-4-5-8-6;1-2-3/h2,4-5H,1,3H2,(H,7,8);2H,1H2. The minimum Gasteiger partial charge on any atom is -0.348 e. The summed E-state index contributed by atoms with van der Waals surface area (Å²) in [5.74, 6) is 0.972. The normalized spacial score (nSPS) is 7.73. The molecule has 0 atom stereocenters. The molecule has 2 nitrogen and oxygen atoms in total. The van der Waals surface area contributed by atoms with E-state index in [4.69, 9.17) is 11.6 Å². The first-order valence-electron chi connectivity index (χ1n) is 3.15. The van der Waals surface area contributed by atoms with Gasteiger partial charge < -0.3 is 4.98 Å². The summed E-state index contributed by atoms with van der Waals surface area (Å²) in [4.78, 5) is 6.93. The molecule has 1 aromatic heterocycles. The number of hydrogen-bond acceptors (Lipinski definition) is 1. The number of nitrogens with zero attached hydrogens (tertiary/aromatic N) is 1. The highest BCUT2D eigenvalue weighted by Gasteiger charge is 1.85. The SMILES string of the molecule is C=CCc1ncc[nH]1.C=CCl. The third kappa shape index (κ3) is 5.43. The number of halogens is 1. The second-order valence-electron chi connectivity index (χ2n) is 1.68. The van der Waals surface area contributed by atoms with Crippen LogP contribution in [-0.2, 0) is 6.42 Å². The summed E-state index contributed by atoms with van der Waals surface area (Å²) in [6.45, 7) is 6.70. The molecule has 3 heteroatoms. The number of H-pyrrole nitrogens is 1. The molecule has 0 unspecified atom stereocenters. The Morgan fingerprint density at radius 3 is 2.64 bits per heavy atom. The number of hydrogen-bond donors (Lipinski definition) is 1. The third-order valence-corrected chi connectivity index (χ3v) is 0.893. The molecule has 11 heavy (non-hydrogen) atoms. The number of aromatic amines is 1. The third-order valence-electron chi connectivity index (χ3n) is 0.893. The van der Waals surface area contributed by atoms with Gasteiger partial charge in [0.2, 0.25) is 0 Å². The molecule has 1 heterocycles. The molecule has 0 amide bonds. The molecule has 0 saturated carbocycles. The van der Waals surface area contributed by atoms with E-state index in [2.05, 4.69) is 23.1 Å². The fraction of sp³-hybridized carbons (Fsp3) is 0.125. The lowest BCUT2D eigenvalue weighted by atomic mass is 10.4. The van der Waals surface area contributed by atoms with E-state index in [1.165, 1.54) is 5.54 Å². The molecule has 1 aromatic rings. The van der Waals surface area contributed by atoms with Crippen LogP contribution in [0.5, 0.6) is 0 Å². The highest BCUT2D eigenvalue weighted by molar-refractivity contribution is 6.25. The van der Waals surface area contributed by atoms with Crippen molar-refractivity contribution in [1.82, 2.24) is 9.97 Å². The van der Waals surface area contributed by atoms with E-state index in [0.29, 0.717) is 0 Å². The van der Waals surface area contributed by atoms with Gasteiger partial charge in [-0.15, -0.1) is 6.58 Å². The minimum atomic E-state index is 0.826. The van der Waals surface area contributed by atoms with Crippen LogP contribution >= 0.6 is 11.6 Å². The van der Waals surface area contributed by atoms with E-state index in [0.717, 1.165) is 12.2 Å². The van der Waals surface area contributed by atoms with Gasteiger partial charge in [-0.3, -0.25) is 0 Å². The first-order valence-corrected chi connectivity index (χ1v) is 3.59. The smallest absolute Gasteiger partial charge is 0.109 e. The number of allylic oxidation sites excluding steroid dienone is 1. The zero-order valence-corrected chi connectivity index (χ0v) is 7.01. The Morgan fingerprint density at radius 2 is 2.27 bits per heavy atom. The largest absolute Gasteiger partial charge is 0.348 e. The molecule has 0 aliphatic carbocycles. The first-order chi connectivity index (χ1) is 5.35. The lowest BCUT2D eigenvalue weighted by molar-refractivity contribution is 1.06. The van der Waals surface area contributed by atoms with Gasteiger partial charge in [0.25, 0.3) is 0 Å². The number of nitrogens with one attached hydrogen (secondary N) is 1. The number of imidazole rings is 1. The number of rotatable bonds is 2. The summed E-state index contributed by atoms with van der Waals surface area (Å²) in [6.07, 6.45) is 6.18. The Balaban J connectivity index is 0.000000292. The maximum Gasteiger partial charge on any atom is 0.109 e. The van der Waals surface area contributed by atoms with Crippen LogP contribution in [0.2, 0.25) is 0 Å². The van der Waals surface area contributed by atoms with Gasteiger partial charge >= 0.3 is 0 Å². The quantitative estimate of drug-likeness (QED) is 0.679. The van der Waals surface area contributed by atoms with Crippen molar-refractivity contribution in [3.8, 4) is 0 Å². The van der Waals surface area contributed by atoms with Crippen LogP contribution in [0.4, 0.5) is 0 Å². The van der Waals surface area contributed by atoms with Gasteiger partial charge in [0.1, 0.15) is 5.82 Å². The first kappa shape index (κ1) is 9.98. The Hall–Kier alpha value is -1.02. The Labute approximate surface area is 71.6 Å². The Kier molecular flexibility index (Phi) is 6.43. The molecule has 1 N–H and O–H groups in total. The van der Waals surface area contributed by atoms with Gasteiger partial charge in [-0.1, -0.05) is 24.3 Å². The summed E-state index contributed by atoms with van der Waals surface area (Å²) in [7, 11) is 0. The van der Waals surface area contributed by atoms with Gasteiger partial charge in [-0.2, -0.15) is 0 Å². The monoisotopic (exact) mass is 170 g/mol. The van der Waals surface area contributed by atoms with Crippen molar-refractivity contribution < 1.29 is 0 Å². The summed E-state index contributed by atoms with van der Waals surface area (Å²) in [5, 5.41) is 0. The Morgan fingerprint density at radius 1 is 1.64 bits per heavy atom. The van der Waals surface area contributed by atoms with Crippen LogP contribution in [0.25, 0.3) is 0 Å². The molecule has 0 bridgehead atoms. The van der Waals surface area contributed by atoms with Crippen molar-refractivity contribution in [2.45, 2.75) is 6.42 Å². The minimum absolute atomic E-state index is 0.826. The molecule has 1 rings (SSSR count). The van der Waals surface area contributed by atoms with Crippen molar-refractivity contribution >= 4 is 11.6 Å². The molecule has 0 aliphatic heterocycles. The fourth-order valence-electron chi connectivity index (χ4n) is 0.546. The summed E-state index contributed by atoms with van der Waals surface area (Å²) in [5.41, 5.74) is 1.22. The summed E-state index contributed by atoms with van der Waals surface area (Å²) < 4.78 is 0. The van der Waals surface area contributed by atoms with Crippen LogP contribution in [-0.4, -0.2) is 9.97 Å². The van der Waals surface area contributed by atoms with Crippen molar-refractivity contribution in [2.75, 3.05) is 0 Å². The van der Waals surface area contributed by atoms with Crippen molar-refractivity contribution in [2.24, 2.45) is 0 Å².